The van der Waals surface area contributed by atoms with Crippen LogP contribution in [0.3, 0.4) is 0 Å². The van der Waals surface area contributed by atoms with Gasteiger partial charge in [-0.25, -0.2) is 9.97 Å². The summed E-state index contributed by atoms with van der Waals surface area (Å²) in [6.45, 7) is 7.62. The van der Waals surface area contributed by atoms with Crippen molar-refractivity contribution in [3.05, 3.63) is 12.4 Å². The zero-order chi connectivity index (χ0) is 16.8. The quantitative estimate of drug-likeness (QED) is 0.829. The minimum atomic E-state index is 0.299. The van der Waals surface area contributed by atoms with Gasteiger partial charge in [-0.1, -0.05) is 13.3 Å². The molecule has 2 saturated heterocycles. The lowest BCUT2D eigenvalue weighted by Crippen LogP contribution is -2.49. The van der Waals surface area contributed by atoms with Crippen molar-refractivity contribution in [1.29, 1.82) is 0 Å². The normalized spacial score (nSPS) is 18.8. The Morgan fingerprint density at radius 3 is 2.21 bits per heavy atom. The summed E-state index contributed by atoms with van der Waals surface area (Å²) in [5, 5.41) is 0. The Morgan fingerprint density at radius 1 is 0.958 bits per heavy atom. The smallest absolute Gasteiger partial charge is 0.222 e. The number of piperazine rings is 1. The van der Waals surface area contributed by atoms with Crippen molar-refractivity contribution < 1.29 is 4.79 Å². The number of hydrogen-bond acceptors (Lipinski definition) is 5. The lowest BCUT2D eigenvalue weighted by molar-refractivity contribution is -0.131. The Balaban J connectivity index is 1.57. The van der Waals surface area contributed by atoms with Crippen LogP contribution < -0.4 is 9.80 Å². The summed E-state index contributed by atoms with van der Waals surface area (Å²) >= 11 is 0. The van der Waals surface area contributed by atoms with Crippen LogP contribution in [0.25, 0.3) is 0 Å². The van der Waals surface area contributed by atoms with Gasteiger partial charge in [-0.2, -0.15) is 0 Å². The molecule has 24 heavy (non-hydrogen) atoms. The van der Waals surface area contributed by atoms with Crippen molar-refractivity contribution >= 4 is 17.5 Å². The van der Waals surface area contributed by atoms with E-state index in [4.69, 9.17) is 0 Å². The summed E-state index contributed by atoms with van der Waals surface area (Å²) in [5.74, 6) is 2.33. The standard InChI is InChI=1S/C18H29N5O/c1-2-3-7-18(24)23-12-10-22(11-13-23)17-14-16(19-15-20-17)21-8-5-4-6-9-21/h14-15H,2-13H2,1H3. The number of anilines is 2. The first-order chi connectivity index (χ1) is 11.8. The van der Waals surface area contributed by atoms with Crippen LogP contribution >= 0.6 is 0 Å². The van der Waals surface area contributed by atoms with Gasteiger partial charge in [0.25, 0.3) is 0 Å². The van der Waals surface area contributed by atoms with Crippen LogP contribution in [0, 0.1) is 0 Å². The van der Waals surface area contributed by atoms with E-state index in [1.807, 2.05) is 4.90 Å². The first kappa shape index (κ1) is 17.0. The zero-order valence-corrected chi connectivity index (χ0v) is 14.8. The van der Waals surface area contributed by atoms with Gasteiger partial charge in [0.05, 0.1) is 0 Å². The lowest BCUT2D eigenvalue weighted by atomic mass is 10.1. The highest BCUT2D eigenvalue weighted by molar-refractivity contribution is 5.76. The fourth-order valence-electron chi connectivity index (χ4n) is 3.48. The van der Waals surface area contributed by atoms with Gasteiger partial charge in [0.15, 0.2) is 0 Å². The van der Waals surface area contributed by atoms with Crippen LogP contribution in [0.4, 0.5) is 11.6 Å². The van der Waals surface area contributed by atoms with Gasteiger partial charge in [-0.05, 0) is 25.7 Å². The molecule has 0 bridgehead atoms. The van der Waals surface area contributed by atoms with E-state index in [-0.39, 0.29) is 0 Å². The molecule has 1 aromatic rings. The lowest BCUT2D eigenvalue weighted by Gasteiger charge is -2.36. The molecule has 6 heteroatoms. The summed E-state index contributed by atoms with van der Waals surface area (Å²) in [6, 6.07) is 2.11. The van der Waals surface area contributed by atoms with Crippen molar-refractivity contribution in [3.8, 4) is 0 Å². The molecule has 132 valence electrons. The molecule has 2 fully saturated rings. The van der Waals surface area contributed by atoms with Gasteiger partial charge >= 0.3 is 0 Å². The van der Waals surface area contributed by atoms with Crippen molar-refractivity contribution in [3.63, 3.8) is 0 Å². The number of piperidine rings is 1. The number of nitrogens with zero attached hydrogens (tertiary/aromatic N) is 5. The monoisotopic (exact) mass is 331 g/mol. The van der Waals surface area contributed by atoms with Crippen molar-refractivity contribution in [2.75, 3.05) is 49.1 Å². The second-order valence-corrected chi connectivity index (χ2v) is 6.75. The van der Waals surface area contributed by atoms with Crippen LogP contribution in [0.5, 0.6) is 0 Å². The molecular formula is C18H29N5O. The van der Waals surface area contributed by atoms with Gasteiger partial charge in [0.1, 0.15) is 18.0 Å². The highest BCUT2D eigenvalue weighted by Crippen LogP contribution is 2.22. The molecule has 0 aliphatic carbocycles. The van der Waals surface area contributed by atoms with Gasteiger partial charge in [0.2, 0.25) is 5.91 Å². The van der Waals surface area contributed by atoms with Gasteiger partial charge in [0, 0.05) is 51.8 Å². The highest BCUT2D eigenvalue weighted by atomic mass is 16.2. The minimum Gasteiger partial charge on any atom is -0.356 e. The molecule has 2 aliphatic heterocycles. The fourth-order valence-corrected chi connectivity index (χ4v) is 3.48. The third kappa shape index (κ3) is 4.16. The van der Waals surface area contributed by atoms with E-state index in [9.17, 15) is 4.79 Å². The number of carbonyl (C=O) groups excluding carboxylic acids is 1. The van der Waals surface area contributed by atoms with Gasteiger partial charge < -0.3 is 14.7 Å². The Bertz CT molecular complexity index is 536. The topological polar surface area (TPSA) is 52.6 Å². The highest BCUT2D eigenvalue weighted by Gasteiger charge is 2.22. The molecule has 0 saturated carbocycles. The van der Waals surface area contributed by atoms with E-state index >= 15 is 0 Å². The number of carbonyl (C=O) groups is 1. The van der Waals surface area contributed by atoms with Crippen molar-refractivity contribution in [2.45, 2.75) is 45.4 Å². The molecule has 0 aromatic carbocycles. The Hall–Kier alpha value is -1.85. The van der Waals surface area contributed by atoms with Gasteiger partial charge in [-0.15, -0.1) is 0 Å². The maximum absolute atomic E-state index is 12.1. The first-order valence-corrected chi connectivity index (χ1v) is 9.37. The second-order valence-electron chi connectivity index (χ2n) is 6.75. The molecule has 1 aromatic heterocycles. The summed E-state index contributed by atoms with van der Waals surface area (Å²) in [4.78, 5) is 27.7. The molecule has 3 heterocycles. The molecule has 3 rings (SSSR count). The number of aromatic nitrogens is 2. The maximum Gasteiger partial charge on any atom is 0.222 e. The molecule has 0 unspecified atom stereocenters. The SMILES string of the molecule is CCCCC(=O)N1CCN(c2cc(N3CCCCC3)ncn2)CC1. The summed E-state index contributed by atoms with van der Waals surface area (Å²) in [7, 11) is 0. The molecule has 0 N–H and O–H groups in total. The predicted molar refractivity (Wildman–Crippen MR) is 96.4 cm³/mol. The summed E-state index contributed by atoms with van der Waals surface area (Å²) in [6.07, 6.45) is 8.25. The number of unbranched alkanes of at least 4 members (excludes halogenated alkanes) is 1. The van der Waals surface area contributed by atoms with Crippen LogP contribution in [0.15, 0.2) is 12.4 Å². The second kappa shape index (κ2) is 8.31. The van der Waals surface area contributed by atoms with Gasteiger partial charge in [-0.3, -0.25) is 4.79 Å². The van der Waals surface area contributed by atoms with Crippen LogP contribution in [0.2, 0.25) is 0 Å². The maximum atomic E-state index is 12.1. The molecule has 6 nitrogen and oxygen atoms in total. The third-order valence-corrected chi connectivity index (χ3v) is 5.02. The van der Waals surface area contributed by atoms with Crippen LogP contribution in [0.1, 0.15) is 45.4 Å². The molecule has 0 radical (unpaired) electrons. The number of amides is 1. The van der Waals surface area contributed by atoms with E-state index in [0.29, 0.717) is 12.3 Å². The van der Waals surface area contributed by atoms with E-state index in [2.05, 4.69) is 32.8 Å². The Labute approximate surface area is 144 Å². The van der Waals surface area contributed by atoms with Crippen molar-refractivity contribution in [2.24, 2.45) is 0 Å². The molecule has 2 aliphatic rings. The van der Waals surface area contributed by atoms with E-state index in [1.54, 1.807) is 6.33 Å². The molecule has 0 spiro atoms. The Kier molecular flexibility index (Phi) is 5.88. The molecular weight excluding hydrogens is 302 g/mol. The largest absolute Gasteiger partial charge is 0.356 e. The van der Waals surface area contributed by atoms with Crippen LogP contribution in [-0.4, -0.2) is 60.0 Å². The minimum absolute atomic E-state index is 0.299. The molecule has 1 amide bonds. The summed E-state index contributed by atoms with van der Waals surface area (Å²) < 4.78 is 0. The molecule has 0 atom stereocenters. The number of hydrogen-bond donors (Lipinski definition) is 0. The average Bonchev–Trinajstić information content (AvgIpc) is 2.67. The number of rotatable bonds is 5. The average molecular weight is 331 g/mol. The third-order valence-electron chi connectivity index (χ3n) is 5.02. The summed E-state index contributed by atoms with van der Waals surface area (Å²) in [5.41, 5.74) is 0. The van der Waals surface area contributed by atoms with E-state index in [1.165, 1.54) is 19.3 Å². The first-order valence-electron chi connectivity index (χ1n) is 9.37. The van der Waals surface area contributed by atoms with Crippen molar-refractivity contribution in [1.82, 2.24) is 14.9 Å². The van der Waals surface area contributed by atoms with E-state index in [0.717, 1.165) is 63.7 Å². The van der Waals surface area contributed by atoms with Crippen LogP contribution in [-0.2, 0) is 4.79 Å². The van der Waals surface area contributed by atoms with E-state index < -0.39 is 0 Å². The fraction of sp³-hybridized carbons (Fsp3) is 0.722. The predicted octanol–water partition coefficient (Wildman–Crippen LogP) is 2.31. The zero-order valence-electron chi connectivity index (χ0n) is 14.8. The Morgan fingerprint density at radius 2 is 1.58 bits per heavy atom.